The molecule has 16 heteroatoms. The van der Waals surface area contributed by atoms with Gasteiger partial charge in [-0.1, -0.05) is 57.0 Å². The highest BCUT2D eigenvalue weighted by atomic mass is 32.2. The normalized spacial score (nSPS) is 29.9. The number of carbonyl (C=O) groups is 5. The molecular formula is C46H59N5O10S. The van der Waals surface area contributed by atoms with Gasteiger partial charge in [0.15, 0.2) is 0 Å². The molecule has 15 nitrogen and oxygen atoms in total. The Balaban J connectivity index is 1.17. The monoisotopic (exact) mass is 873 g/mol. The lowest BCUT2D eigenvalue weighted by Crippen LogP contribution is -2.59. The van der Waals surface area contributed by atoms with Gasteiger partial charge in [-0.3, -0.25) is 23.9 Å². The lowest BCUT2D eigenvalue weighted by molar-refractivity contribution is -0.142. The van der Waals surface area contributed by atoms with E-state index in [1.165, 1.54) is 11.0 Å². The van der Waals surface area contributed by atoms with Crippen molar-refractivity contribution in [2.75, 3.05) is 6.54 Å². The molecule has 1 aromatic carbocycles. The highest BCUT2D eigenvalue weighted by Crippen LogP contribution is 2.46. The second-order valence-corrected chi connectivity index (χ2v) is 20.5. The average Bonchev–Trinajstić information content (AvgIpc) is 4.02. The van der Waals surface area contributed by atoms with Gasteiger partial charge in [0.25, 0.3) is 5.91 Å². The van der Waals surface area contributed by atoms with Crippen LogP contribution in [0.5, 0.6) is 11.6 Å². The molecule has 4 aliphatic carbocycles. The lowest BCUT2D eigenvalue weighted by atomic mass is 9.96. The fourth-order valence-corrected chi connectivity index (χ4v) is 11.3. The van der Waals surface area contributed by atoms with Crippen LogP contribution >= 0.6 is 0 Å². The zero-order chi connectivity index (χ0) is 43.8. The molecule has 2 aromatic rings. The number of hydrogen-bond acceptors (Lipinski definition) is 11. The maximum Gasteiger partial charge on any atom is 0.408 e. The summed E-state index contributed by atoms with van der Waals surface area (Å²) in [6.07, 6.45) is 12.5. The predicted octanol–water partition coefficient (Wildman–Crippen LogP) is 5.55. The number of sulfonamides is 1. The van der Waals surface area contributed by atoms with E-state index in [1.54, 1.807) is 6.07 Å². The second-order valence-electron chi connectivity index (χ2n) is 18.5. The molecule has 334 valence electrons. The van der Waals surface area contributed by atoms with Gasteiger partial charge in [0.2, 0.25) is 27.7 Å². The van der Waals surface area contributed by atoms with Crippen molar-refractivity contribution in [1.29, 1.82) is 0 Å². The summed E-state index contributed by atoms with van der Waals surface area (Å²) >= 11 is 0. The molecule has 0 spiro atoms. The second kappa shape index (κ2) is 18.0. The number of nitrogens with zero attached hydrogens (tertiary/aromatic N) is 2. The van der Waals surface area contributed by atoms with E-state index in [-0.39, 0.29) is 55.5 Å². The van der Waals surface area contributed by atoms with Crippen molar-refractivity contribution in [3.63, 3.8) is 0 Å². The van der Waals surface area contributed by atoms with Gasteiger partial charge in [-0.2, -0.15) is 0 Å². The van der Waals surface area contributed by atoms with Crippen LogP contribution in [0.2, 0.25) is 0 Å². The summed E-state index contributed by atoms with van der Waals surface area (Å²) in [5, 5.41) is 5.76. The standard InChI is InChI=1S/C46H59N5O10S/c1-4-30-25-46(30,44(55)50-62(57,58)32-21-22-32)49-41(53)36-24-31-26-51(36)43(54)39(29-14-8-9-15-29)48-45(56)60-37-20-12-16-28(37)13-6-5-7-18-34-40(61-38(52)23-27(2)3)33-17-10-11-19-35(33)47-42(34)59-31/h4-5,7,10-11,17,19,27-32,36-37,39H,1,6,8-9,12-16,18,20-26H2,2-3H3,(H,48,56)(H,49,53)(H,50,55)/b7-5-/t28-,30-,31-,36+,37-,39+,46-/m1/s1. The number of nitrogens with one attached hydrogen (secondary N) is 3. The molecule has 1 aromatic heterocycles. The van der Waals surface area contributed by atoms with Gasteiger partial charge < -0.3 is 29.7 Å². The van der Waals surface area contributed by atoms with Crippen molar-refractivity contribution in [3.8, 4) is 11.6 Å². The highest BCUT2D eigenvalue weighted by Gasteiger charge is 2.62. The van der Waals surface area contributed by atoms with Crippen LogP contribution in [-0.2, 0) is 40.4 Å². The molecule has 2 aliphatic heterocycles. The number of carbonyl (C=O) groups excluding carboxylic acids is 5. The van der Waals surface area contributed by atoms with Crippen LogP contribution < -0.4 is 24.8 Å². The van der Waals surface area contributed by atoms with Crippen molar-refractivity contribution in [2.45, 2.75) is 145 Å². The van der Waals surface area contributed by atoms with Crippen LogP contribution in [0.3, 0.4) is 0 Å². The molecule has 62 heavy (non-hydrogen) atoms. The maximum absolute atomic E-state index is 15.0. The van der Waals surface area contributed by atoms with Gasteiger partial charge in [0.05, 0.1) is 22.9 Å². The first kappa shape index (κ1) is 43.7. The average molecular weight is 874 g/mol. The number of fused-ring (bicyclic) bond motifs is 5. The van der Waals surface area contributed by atoms with Gasteiger partial charge in [0.1, 0.15) is 35.6 Å². The first-order chi connectivity index (χ1) is 29.8. The molecule has 6 aliphatic rings. The fraction of sp³-hybridized carbons (Fsp3) is 0.609. The molecule has 0 unspecified atom stereocenters. The fourth-order valence-electron chi connectivity index (χ4n) is 9.90. The molecule has 3 heterocycles. The number of allylic oxidation sites excluding steroid dienone is 2. The Morgan fingerprint density at radius 3 is 2.50 bits per heavy atom. The Bertz CT molecular complexity index is 2240. The number of esters is 1. The van der Waals surface area contributed by atoms with Crippen LogP contribution in [0.1, 0.15) is 109 Å². The molecular weight excluding hydrogens is 815 g/mol. The molecule has 5 fully saturated rings. The number of aromatic nitrogens is 1. The summed E-state index contributed by atoms with van der Waals surface area (Å²) in [4.78, 5) is 76.8. The highest BCUT2D eigenvalue weighted by molar-refractivity contribution is 7.91. The third-order valence-corrected chi connectivity index (χ3v) is 15.3. The summed E-state index contributed by atoms with van der Waals surface area (Å²) in [6.45, 7) is 7.63. The van der Waals surface area contributed by atoms with Crippen molar-refractivity contribution >= 4 is 50.7 Å². The molecule has 8 rings (SSSR count). The minimum absolute atomic E-state index is 0.0216. The number of rotatable bonds is 10. The van der Waals surface area contributed by atoms with Crippen LogP contribution in [0.4, 0.5) is 4.79 Å². The number of alkyl carbamates (subject to hydrolysis) is 1. The Hall–Kier alpha value is -4.99. The number of para-hydroxylation sites is 1. The summed E-state index contributed by atoms with van der Waals surface area (Å²) in [7, 11) is -3.93. The molecule has 4 saturated carbocycles. The topological polar surface area (TPSA) is 199 Å². The summed E-state index contributed by atoms with van der Waals surface area (Å²) < 4.78 is 46.9. The molecule has 1 saturated heterocycles. The number of ether oxygens (including phenoxy) is 3. The summed E-state index contributed by atoms with van der Waals surface area (Å²) in [5.41, 5.74) is -0.513. The van der Waals surface area contributed by atoms with Crippen molar-refractivity contribution in [3.05, 3.63) is 54.6 Å². The van der Waals surface area contributed by atoms with Crippen molar-refractivity contribution in [2.24, 2.45) is 23.7 Å². The minimum Gasteiger partial charge on any atom is -0.472 e. The van der Waals surface area contributed by atoms with Gasteiger partial charge >= 0.3 is 12.1 Å². The summed E-state index contributed by atoms with van der Waals surface area (Å²) in [5.74, 6) is -2.42. The SMILES string of the molecule is C=C[C@@H]1C[C@]1(NC(=O)[C@@H]1C[C@@H]2CN1C(=O)[C@H](C1CCCC1)NC(=O)O[C@@H]1CCC[C@H]1CC/C=C\Cc1c(nc3ccccc3c1OC(=O)CC(C)C)O2)C(=O)NS(=O)(=O)C1CC1. The third kappa shape index (κ3) is 9.35. The zero-order valence-corrected chi connectivity index (χ0v) is 36.5. The molecule has 3 N–H and O–H groups in total. The van der Waals surface area contributed by atoms with Crippen molar-refractivity contribution in [1.82, 2.24) is 25.2 Å². The van der Waals surface area contributed by atoms with E-state index in [4.69, 9.17) is 19.2 Å². The Labute approximate surface area is 363 Å². The quantitative estimate of drug-likeness (QED) is 0.200. The molecule has 0 radical (unpaired) electrons. The van der Waals surface area contributed by atoms with Crippen molar-refractivity contribution < 1.29 is 46.6 Å². The minimum atomic E-state index is -3.93. The number of hydrogen-bond donors (Lipinski definition) is 3. The lowest BCUT2D eigenvalue weighted by Gasteiger charge is -2.32. The maximum atomic E-state index is 15.0. The largest absolute Gasteiger partial charge is 0.472 e. The van der Waals surface area contributed by atoms with E-state index in [2.05, 4.69) is 28.0 Å². The summed E-state index contributed by atoms with van der Waals surface area (Å²) in [6, 6.07) is 5.15. The van der Waals surface area contributed by atoms with Crippen LogP contribution in [0.15, 0.2) is 49.1 Å². The van der Waals surface area contributed by atoms with E-state index in [0.717, 1.165) is 44.9 Å². The van der Waals surface area contributed by atoms with E-state index in [9.17, 15) is 27.6 Å². The first-order valence-corrected chi connectivity index (χ1v) is 24.0. The molecule has 7 atom stereocenters. The first-order valence-electron chi connectivity index (χ1n) is 22.5. The van der Waals surface area contributed by atoms with Gasteiger partial charge in [-0.15, -0.1) is 6.58 Å². The van der Waals surface area contributed by atoms with Crippen LogP contribution in [0.25, 0.3) is 10.9 Å². The molecule has 4 amide bonds. The van der Waals surface area contributed by atoms with Gasteiger partial charge in [0, 0.05) is 24.1 Å². The smallest absolute Gasteiger partial charge is 0.408 e. The van der Waals surface area contributed by atoms with E-state index in [1.807, 2.05) is 38.1 Å². The number of pyridine rings is 1. The third-order valence-electron chi connectivity index (χ3n) is 13.5. The number of benzene rings is 1. The predicted molar refractivity (Wildman–Crippen MR) is 229 cm³/mol. The van der Waals surface area contributed by atoms with Crippen LogP contribution in [-0.4, -0.2) is 89.7 Å². The van der Waals surface area contributed by atoms with E-state index in [0.29, 0.717) is 54.3 Å². The number of amides is 4. The van der Waals surface area contributed by atoms with E-state index < -0.39 is 74.7 Å². The van der Waals surface area contributed by atoms with Gasteiger partial charge in [-0.05, 0) is 101 Å². The Morgan fingerprint density at radius 2 is 1.77 bits per heavy atom. The zero-order valence-electron chi connectivity index (χ0n) is 35.6. The Kier molecular flexibility index (Phi) is 12.7. The Morgan fingerprint density at radius 1 is 1.02 bits per heavy atom. The van der Waals surface area contributed by atoms with Crippen LogP contribution in [0, 0.1) is 23.7 Å². The van der Waals surface area contributed by atoms with Gasteiger partial charge in [-0.25, -0.2) is 18.2 Å². The molecule has 2 bridgehead atoms. The van der Waals surface area contributed by atoms with E-state index >= 15 is 4.79 Å².